The summed E-state index contributed by atoms with van der Waals surface area (Å²) in [6, 6.07) is -0.513. The molecular weight excluding hydrogens is 278 g/mol. The quantitative estimate of drug-likeness (QED) is 0.782. The first-order chi connectivity index (χ1) is 9.25. The molecule has 7 heteroatoms. The van der Waals surface area contributed by atoms with Crippen molar-refractivity contribution < 1.29 is 14.7 Å². The van der Waals surface area contributed by atoms with Crippen molar-refractivity contribution in [3.05, 3.63) is 11.1 Å². The topological polar surface area (TPSA) is 91.3 Å². The molecule has 0 bridgehead atoms. The van der Waals surface area contributed by atoms with Gasteiger partial charge in [-0.2, -0.15) is 0 Å². The number of nitrogens with zero attached hydrogens (tertiary/aromatic N) is 1. The second kappa shape index (κ2) is 5.49. The van der Waals surface area contributed by atoms with Gasteiger partial charge in [-0.25, -0.2) is 4.98 Å². The first-order valence-electron chi connectivity index (χ1n) is 6.54. The number of anilines is 1. The lowest BCUT2D eigenvalue weighted by Gasteiger charge is -2.26. The van der Waals surface area contributed by atoms with Gasteiger partial charge in [-0.05, 0) is 26.2 Å². The summed E-state index contributed by atoms with van der Waals surface area (Å²) in [5, 5.41) is 15.7. The zero-order valence-corrected chi connectivity index (χ0v) is 12.6. The fourth-order valence-electron chi connectivity index (χ4n) is 2.09. The van der Waals surface area contributed by atoms with Crippen LogP contribution in [0.1, 0.15) is 38.5 Å². The predicted octanol–water partition coefficient (Wildman–Crippen LogP) is 1.22. The van der Waals surface area contributed by atoms with Gasteiger partial charge in [-0.15, -0.1) is 0 Å². The lowest BCUT2D eigenvalue weighted by Crippen LogP contribution is -2.48. The van der Waals surface area contributed by atoms with Crippen LogP contribution in [-0.2, 0) is 15.2 Å². The highest BCUT2D eigenvalue weighted by molar-refractivity contribution is 7.15. The Balaban J connectivity index is 2.01. The van der Waals surface area contributed by atoms with E-state index < -0.39 is 11.6 Å². The third-order valence-electron chi connectivity index (χ3n) is 3.16. The number of carbonyl (C=O) groups excluding carboxylic acids is 2. The molecule has 2 heterocycles. The van der Waals surface area contributed by atoms with E-state index in [2.05, 4.69) is 15.6 Å². The minimum atomic E-state index is -0.978. The highest BCUT2D eigenvalue weighted by Crippen LogP contribution is 2.28. The zero-order valence-electron chi connectivity index (χ0n) is 11.8. The number of rotatable bonds is 3. The van der Waals surface area contributed by atoms with E-state index in [0.29, 0.717) is 22.9 Å². The van der Waals surface area contributed by atoms with Gasteiger partial charge in [0.2, 0.25) is 11.8 Å². The standard InChI is InChI=1S/C13H19N3O3S/c1-7-4-8(15-10(17)5-7)11(18)16-12-14-6-9(20-12)13(2,3)19/h6-8,19H,4-5H2,1-3H3,(H,15,17)(H,14,16,18)/t7-,8-/m0/s1. The highest BCUT2D eigenvalue weighted by Gasteiger charge is 2.29. The molecule has 6 nitrogen and oxygen atoms in total. The number of nitrogens with one attached hydrogen (secondary N) is 2. The summed E-state index contributed by atoms with van der Waals surface area (Å²) in [5.74, 6) is -0.163. The Bertz CT molecular complexity index is 521. The molecule has 2 rings (SSSR count). The summed E-state index contributed by atoms with van der Waals surface area (Å²) in [4.78, 5) is 28.3. The van der Waals surface area contributed by atoms with Gasteiger partial charge >= 0.3 is 0 Å². The summed E-state index contributed by atoms with van der Waals surface area (Å²) in [7, 11) is 0. The van der Waals surface area contributed by atoms with Crippen LogP contribution in [0.4, 0.5) is 5.13 Å². The van der Waals surface area contributed by atoms with Crippen LogP contribution in [0.25, 0.3) is 0 Å². The average molecular weight is 297 g/mol. The van der Waals surface area contributed by atoms with Crippen LogP contribution in [0.2, 0.25) is 0 Å². The Morgan fingerprint density at radius 1 is 1.60 bits per heavy atom. The number of piperidine rings is 1. The third kappa shape index (κ3) is 3.55. The van der Waals surface area contributed by atoms with E-state index in [4.69, 9.17) is 0 Å². The average Bonchev–Trinajstić information content (AvgIpc) is 2.75. The van der Waals surface area contributed by atoms with Gasteiger partial charge in [-0.3, -0.25) is 9.59 Å². The SMILES string of the molecule is C[C@@H]1CC(=O)N[C@H](C(=O)Nc2ncc(C(C)(C)O)s2)C1. The van der Waals surface area contributed by atoms with Crippen molar-refractivity contribution in [2.45, 2.75) is 45.3 Å². The molecule has 1 aliphatic heterocycles. The lowest BCUT2D eigenvalue weighted by atomic mass is 9.93. The maximum Gasteiger partial charge on any atom is 0.248 e. The van der Waals surface area contributed by atoms with E-state index in [0.717, 1.165) is 0 Å². The smallest absolute Gasteiger partial charge is 0.248 e. The number of hydrogen-bond donors (Lipinski definition) is 3. The zero-order chi connectivity index (χ0) is 14.9. The van der Waals surface area contributed by atoms with Crippen molar-refractivity contribution in [2.24, 2.45) is 5.92 Å². The number of carbonyl (C=O) groups is 2. The Hall–Kier alpha value is -1.47. The fourth-order valence-corrected chi connectivity index (χ4v) is 2.91. The van der Waals surface area contributed by atoms with Gasteiger partial charge in [0.25, 0.3) is 0 Å². The van der Waals surface area contributed by atoms with E-state index in [9.17, 15) is 14.7 Å². The molecule has 0 aromatic carbocycles. The largest absolute Gasteiger partial charge is 0.385 e. The van der Waals surface area contributed by atoms with Crippen molar-refractivity contribution in [1.82, 2.24) is 10.3 Å². The molecule has 110 valence electrons. The number of aromatic nitrogens is 1. The van der Waals surface area contributed by atoms with Crippen molar-refractivity contribution in [3.8, 4) is 0 Å². The van der Waals surface area contributed by atoms with E-state index in [-0.39, 0.29) is 17.7 Å². The Labute approximate surface area is 121 Å². The normalized spacial score (nSPS) is 23.3. The molecular formula is C13H19N3O3S. The summed E-state index contributed by atoms with van der Waals surface area (Å²) >= 11 is 1.23. The molecule has 1 aliphatic rings. The fraction of sp³-hybridized carbons (Fsp3) is 0.615. The maximum atomic E-state index is 12.1. The van der Waals surface area contributed by atoms with Crippen molar-refractivity contribution >= 4 is 28.3 Å². The summed E-state index contributed by atoms with van der Waals surface area (Å²) in [6.07, 6.45) is 2.63. The molecule has 1 aromatic rings. The Morgan fingerprint density at radius 2 is 2.30 bits per heavy atom. The number of hydrogen-bond acceptors (Lipinski definition) is 5. The second-order valence-electron chi connectivity index (χ2n) is 5.74. The molecule has 2 atom stereocenters. The molecule has 0 radical (unpaired) electrons. The van der Waals surface area contributed by atoms with Gasteiger partial charge in [0.15, 0.2) is 5.13 Å². The Kier molecular flexibility index (Phi) is 4.10. The molecule has 2 amide bonds. The van der Waals surface area contributed by atoms with Crippen LogP contribution in [0, 0.1) is 5.92 Å². The first kappa shape index (κ1) is 14.9. The maximum absolute atomic E-state index is 12.1. The third-order valence-corrected chi connectivity index (χ3v) is 4.39. The number of amides is 2. The summed E-state index contributed by atoms with van der Waals surface area (Å²) in [6.45, 7) is 5.28. The van der Waals surface area contributed by atoms with Gasteiger partial charge in [0.1, 0.15) is 6.04 Å². The molecule has 1 saturated heterocycles. The molecule has 0 saturated carbocycles. The molecule has 1 fully saturated rings. The minimum absolute atomic E-state index is 0.0970. The highest BCUT2D eigenvalue weighted by atomic mass is 32.1. The summed E-state index contributed by atoms with van der Waals surface area (Å²) in [5.41, 5.74) is -0.978. The molecule has 3 N–H and O–H groups in total. The van der Waals surface area contributed by atoms with Gasteiger partial charge in [0.05, 0.1) is 10.5 Å². The van der Waals surface area contributed by atoms with Crippen molar-refractivity contribution in [3.63, 3.8) is 0 Å². The molecule has 20 heavy (non-hydrogen) atoms. The monoisotopic (exact) mass is 297 g/mol. The van der Waals surface area contributed by atoms with E-state index in [1.165, 1.54) is 11.3 Å². The van der Waals surface area contributed by atoms with Gasteiger partial charge < -0.3 is 15.7 Å². The Morgan fingerprint density at radius 3 is 2.85 bits per heavy atom. The van der Waals surface area contributed by atoms with Crippen LogP contribution in [0.3, 0.4) is 0 Å². The second-order valence-corrected chi connectivity index (χ2v) is 6.77. The molecule has 0 aliphatic carbocycles. The summed E-state index contributed by atoms with van der Waals surface area (Å²) < 4.78 is 0. The number of thiazole rings is 1. The van der Waals surface area contributed by atoms with Crippen LogP contribution < -0.4 is 10.6 Å². The van der Waals surface area contributed by atoms with E-state index in [1.807, 2.05) is 6.92 Å². The van der Waals surface area contributed by atoms with Crippen molar-refractivity contribution in [2.75, 3.05) is 5.32 Å². The predicted molar refractivity (Wildman–Crippen MR) is 76.3 cm³/mol. The molecule has 0 unspecified atom stereocenters. The van der Waals surface area contributed by atoms with E-state index >= 15 is 0 Å². The molecule has 0 spiro atoms. The van der Waals surface area contributed by atoms with Crippen LogP contribution in [-0.4, -0.2) is 27.9 Å². The van der Waals surface area contributed by atoms with Crippen LogP contribution in [0.15, 0.2) is 6.20 Å². The minimum Gasteiger partial charge on any atom is -0.385 e. The van der Waals surface area contributed by atoms with Gasteiger partial charge in [-0.1, -0.05) is 18.3 Å². The number of aliphatic hydroxyl groups is 1. The molecule has 1 aromatic heterocycles. The lowest BCUT2D eigenvalue weighted by molar-refractivity contribution is -0.129. The van der Waals surface area contributed by atoms with E-state index in [1.54, 1.807) is 20.0 Å². The van der Waals surface area contributed by atoms with Crippen LogP contribution in [0.5, 0.6) is 0 Å². The first-order valence-corrected chi connectivity index (χ1v) is 7.36. The van der Waals surface area contributed by atoms with Crippen LogP contribution >= 0.6 is 11.3 Å². The van der Waals surface area contributed by atoms with Gasteiger partial charge in [0, 0.05) is 12.6 Å². The van der Waals surface area contributed by atoms with Crippen molar-refractivity contribution in [1.29, 1.82) is 0 Å².